The van der Waals surface area contributed by atoms with E-state index in [0.29, 0.717) is 19.4 Å². The van der Waals surface area contributed by atoms with Crippen LogP contribution >= 0.6 is 0 Å². The molecule has 1 fully saturated rings. The van der Waals surface area contributed by atoms with Crippen molar-refractivity contribution in [1.29, 1.82) is 0 Å². The maximum absolute atomic E-state index is 12.5. The zero-order chi connectivity index (χ0) is 31.5. The average Bonchev–Trinajstić information content (AvgIpc) is 3.47. The van der Waals surface area contributed by atoms with E-state index in [4.69, 9.17) is 23.1 Å². The van der Waals surface area contributed by atoms with Crippen LogP contribution < -0.4 is 0 Å². The second-order valence-corrected chi connectivity index (χ2v) is 12.9. The van der Waals surface area contributed by atoms with Gasteiger partial charge in [0.05, 0.1) is 30.3 Å². The second kappa shape index (κ2) is 15.8. The van der Waals surface area contributed by atoms with Crippen LogP contribution in [-0.4, -0.2) is 53.8 Å². The zero-order valence-electron chi connectivity index (χ0n) is 25.9. The van der Waals surface area contributed by atoms with Gasteiger partial charge in [-0.3, -0.25) is 4.18 Å². The standard InChI is InChI=1S/C37H42O7S/c1-29-21-23-34(24-22-29)45(38,39)43-25-13-12-20-33-26-35(41-28-40-2)36(44-33)27-42-37(30-14-6-3-7-15-30,31-16-8-4-9-17-31)32-18-10-5-11-19-32/h3-11,14-19,21-24,33,35-36H,12-13,20,25-28H2,1-2H3/t33-,35-,36+/m0/s1. The van der Waals surface area contributed by atoms with Crippen LogP contribution in [0.15, 0.2) is 120 Å². The van der Waals surface area contributed by atoms with Gasteiger partial charge in [0.15, 0.2) is 0 Å². The van der Waals surface area contributed by atoms with Crippen LogP contribution in [0.3, 0.4) is 0 Å². The van der Waals surface area contributed by atoms with Crippen molar-refractivity contribution in [2.45, 2.75) is 61.4 Å². The van der Waals surface area contributed by atoms with Gasteiger partial charge in [0.25, 0.3) is 10.1 Å². The molecular weight excluding hydrogens is 588 g/mol. The summed E-state index contributed by atoms with van der Waals surface area (Å²) in [6.07, 6.45) is 2.18. The van der Waals surface area contributed by atoms with Crippen molar-refractivity contribution in [3.8, 4) is 0 Å². The largest absolute Gasteiger partial charge is 0.370 e. The van der Waals surface area contributed by atoms with Crippen LogP contribution in [0, 0.1) is 6.92 Å². The molecule has 8 heteroatoms. The molecule has 1 aliphatic rings. The van der Waals surface area contributed by atoms with Gasteiger partial charge in [0.2, 0.25) is 0 Å². The Balaban J connectivity index is 1.26. The lowest BCUT2D eigenvalue weighted by Crippen LogP contribution is -2.38. The van der Waals surface area contributed by atoms with Crippen LogP contribution in [-0.2, 0) is 38.8 Å². The summed E-state index contributed by atoms with van der Waals surface area (Å²) < 4.78 is 55.2. The summed E-state index contributed by atoms with van der Waals surface area (Å²) in [6, 6.07) is 37.4. The molecule has 7 nitrogen and oxygen atoms in total. The van der Waals surface area contributed by atoms with E-state index in [2.05, 4.69) is 36.4 Å². The maximum Gasteiger partial charge on any atom is 0.296 e. The predicted molar refractivity (Wildman–Crippen MR) is 173 cm³/mol. The number of methoxy groups -OCH3 is 1. The molecule has 4 aromatic carbocycles. The smallest absolute Gasteiger partial charge is 0.296 e. The van der Waals surface area contributed by atoms with Crippen LogP contribution in [0.2, 0.25) is 0 Å². The Bertz CT molecular complexity index is 1450. The van der Waals surface area contributed by atoms with Gasteiger partial charge in [0.1, 0.15) is 18.5 Å². The molecule has 1 saturated heterocycles. The van der Waals surface area contributed by atoms with Crippen LogP contribution in [0.5, 0.6) is 0 Å². The summed E-state index contributed by atoms with van der Waals surface area (Å²) in [7, 11) is -2.17. The van der Waals surface area contributed by atoms with Crippen molar-refractivity contribution in [1.82, 2.24) is 0 Å². The van der Waals surface area contributed by atoms with E-state index in [9.17, 15) is 8.42 Å². The minimum atomic E-state index is -3.78. The van der Waals surface area contributed by atoms with Crippen molar-refractivity contribution < 1.29 is 31.5 Å². The van der Waals surface area contributed by atoms with Crippen molar-refractivity contribution in [2.24, 2.45) is 0 Å². The number of unbranched alkanes of at least 4 members (excludes halogenated alkanes) is 1. The fourth-order valence-corrected chi connectivity index (χ4v) is 6.80. The van der Waals surface area contributed by atoms with Gasteiger partial charge >= 0.3 is 0 Å². The molecule has 3 atom stereocenters. The molecule has 4 aromatic rings. The Morgan fingerprint density at radius 3 is 1.87 bits per heavy atom. The minimum absolute atomic E-state index is 0.0614. The number of hydrogen-bond donors (Lipinski definition) is 0. The maximum atomic E-state index is 12.5. The molecule has 45 heavy (non-hydrogen) atoms. The first-order valence-corrected chi connectivity index (χ1v) is 16.9. The number of ether oxygens (including phenoxy) is 4. The van der Waals surface area contributed by atoms with E-state index in [1.54, 1.807) is 31.4 Å². The van der Waals surface area contributed by atoms with Gasteiger partial charge in [-0.2, -0.15) is 8.42 Å². The highest BCUT2D eigenvalue weighted by Crippen LogP contribution is 2.41. The Kier molecular flexibility index (Phi) is 11.6. The Morgan fingerprint density at radius 1 is 0.778 bits per heavy atom. The second-order valence-electron chi connectivity index (χ2n) is 11.3. The topological polar surface area (TPSA) is 80.3 Å². The first-order valence-electron chi connectivity index (χ1n) is 15.4. The van der Waals surface area contributed by atoms with Crippen LogP contribution in [0.25, 0.3) is 0 Å². The van der Waals surface area contributed by atoms with Crippen molar-refractivity contribution >= 4 is 10.1 Å². The summed E-state index contributed by atoms with van der Waals surface area (Å²) in [5, 5.41) is 0. The molecule has 0 aromatic heterocycles. The Morgan fingerprint density at radius 2 is 1.33 bits per heavy atom. The van der Waals surface area contributed by atoms with Gasteiger partial charge in [-0.05, 0) is 55.0 Å². The first-order chi connectivity index (χ1) is 21.9. The molecule has 0 saturated carbocycles. The fourth-order valence-electron chi connectivity index (χ4n) is 5.86. The molecule has 0 aliphatic carbocycles. The highest BCUT2D eigenvalue weighted by atomic mass is 32.2. The summed E-state index contributed by atoms with van der Waals surface area (Å²) >= 11 is 0. The van der Waals surface area contributed by atoms with Gasteiger partial charge < -0.3 is 18.9 Å². The lowest BCUT2D eigenvalue weighted by molar-refractivity contribution is -0.125. The van der Waals surface area contributed by atoms with Crippen LogP contribution in [0.1, 0.15) is 47.9 Å². The molecule has 5 rings (SSSR count). The SMILES string of the molecule is COCO[C@H]1C[C@H](CCCCOS(=O)(=O)c2ccc(C)cc2)O[C@@H]1COC(c1ccccc1)(c1ccccc1)c1ccccc1. The van der Waals surface area contributed by atoms with E-state index in [-0.39, 0.29) is 36.6 Å². The molecule has 238 valence electrons. The predicted octanol–water partition coefficient (Wildman–Crippen LogP) is 7.03. The van der Waals surface area contributed by atoms with Gasteiger partial charge in [-0.25, -0.2) is 0 Å². The minimum Gasteiger partial charge on any atom is -0.370 e. The number of rotatable bonds is 16. The molecule has 0 spiro atoms. The zero-order valence-corrected chi connectivity index (χ0v) is 26.7. The molecular formula is C37H42O7S. The molecule has 1 aliphatic heterocycles. The summed E-state index contributed by atoms with van der Waals surface area (Å²) in [5.74, 6) is 0. The van der Waals surface area contributed by atoms with E-state index in [1.807, 2.05) is 61.5 Å². The van der Waals surface area contributed by atoms with E-state index < -0.39 is 15.7 Å². The third-order valence-electron chi connectivity index (χ3n) is 8.15. The van der Waals surface area contributed by atoms with E-state index in [0.717, 1.165) is 35.1 Å². The molecule has 0 bridgehead atoms. The fraction of sp³-hybridized carbons (Fsp3) is 0.351. The van der Waals surface area contributed by atoms with E-state index >= 15 is 0 Å². The summed E-state index contributed by atoms with van der Waals surface area (Å²) in [6.45, 7) is 2.48. The Hall–Kier alpha value is -3.37. The summed E-state index contributed by atoms with van der Waals surface area (Å²) in [5.41, 5.74) is 3.19. The number of benzene rings is 4. The number of aryl methyl sites for hydroxylation is 1. The highest BCUT2D eigenvalue weighted by molar-refractivity contribution is 7.86. The lowest BCUT2D eigenvalue weighted by atomic mass is 9.80. The van der Waals surface area contributed by atoms with Gasteiger partial charge in [0, 0.05) is 13.5 Å². The molecule has 1 heterocycles. The van der Waals surface area contributed by atoms with Gasteiger partial charge in [-0.15, -0.1) is 0 Å². The molecule has 0 unspecified atom stereocenters. The first kappa shape index (κ1) is 33.0. The van der Waals surface area contributed by atoms with E-state index in [1.165, 1.54) is 0 Å². The quantitative estimate of drug-likeness (QED) is 0.0569. The van der Waals surface area contributed by atoms with Crippen molar-refractivity contribution in [3.63, 3.8) is 0 Å². The van der Waals surface area contributed by atoms with Crippen LogP contribution in [0.4, 0.5) is 0 Å². The molecule has 0 amide bonds. The summed E-state index contributed by atoms with van der Waals surface area (Å²) in [4.78, 5) is 0.172. The Labute approximate surface area is 267 Å². The highest BCUT2D eigenvalue weighted by Gasteiger charge is 2.42. The number of hydrogen-bond acceptors (Lipinski definition) is 7. The third-order valence-corrected chi connectivity index (χ3v) is 9.48. The monoisotopic (exact) mass is 630 g/mol. The van der Waals surface area contributed by atoms with Gasteiger partial charge in [-0.1, -0.05) is 109 Å². The third kappa shape index (κ3) is 8.27. The molecule has 0 radical (unpaired) electrons. The van der Waals surface area contributed by atoms with Crippen molar-refractivity contribution in [2.75, 3.05) is 27.1 Å². The normalized spacial score (nSPS) is 18.7. The van der Waals surface area contributed by atoms with Crippen molar-refractivity contribution in [3.05, 3.63) is 138 Å². The molecule has 0 N–H and O–H groups in total. The lowest BCUT2D eigenvalue weighted by Gasteiger charge is -2.37. The average molecular weight is 631 g/mol.